The van der Waals surface area contributed by atoms with Crippen molar-refractivity contribution in [3.05, 3.63) is 0 Å². The molecule has 0 radical (unpaired) electrons. The lowest BCUT2D eigenvalue weighted by Crippen LogP contribution is -2.39. The third-order valence-electron chi connectivity index (χ3n) is 2.61. The molecule has 9 heavy (non-hydrogen) atoms. The molecule has 2 fully saturated rings. The standard InChI is InChI=1S/C7H13NS/c1-8-6-2-3-7(8)5-9-4-6/h6-7H,2-5H2,1H3. The quantitative estimate of drug-likeness (QED) is 0.501. The molecule has 0 spiro atoms. The molecule has 2 unspecified atom stereocenters. The molecule has 0 aliphatic carbocycles. The topological polar surface area (TPSA) is 3.24 Å². The lowest BCUT2D eigenvalue weighted by molar-refractivity contribution is 0.266. The van der Waals surface area contributed by atoms with E-state index in [-0.39, 0.29) is 0 Å². The Balaban J connectivity index is 2.10. The summed E-state index contributed by atoms with van der Waals surface area (Å²) in [6.07, 6.45) is 2.91. The van der Waals surface area contributed by atoms with Crippen LogP contribution in [-0.4, -0.2) is 35.5 Å². The Labute approximate surface area is 60.8 Å². The first-order valence-electron chi connectivity index (χ1n) is 3.67. The highest BCUT2D eigenvalue weighted by molar-refractivity contribution is 7.99. The van der Waals surface area contributed by atoms with Gasteiger partial charge in [0.15, 0.2) is 0 Å². The van der Waals surface area contributed by atoms with E-state index in [2.05, 4.69) is 23.7 Å². The van der Waals surface area contributed by atoms with Crippen LogP contribution in [0.2, 0.25) is 0 Å². The third kappa shape index (κ3) is 0.887. The molecule has 0 saturated carbocycles. The molecule has 0 N–H and O–H groups in total. The molecular weight excluding hydrogens is 130 g/mol. The normalized spacial score (nSPS) is 43.7. The number of nitrogens with zero attached hydrogens (tertiary/aromatic N) is 1. The van der Waals surface area contributed by atoms with Gasteiger partial charge in [0.05, 0.1) is 0 Å². The summed E-state index contributed by atoms with van der Waals surface area (Å²) in [6.45, 7) is 0. The Morgan fingerprint density at radius 2 is 1.78 bits per heavy atom. The van der Waals surface area contributed by atoms with Crippen molar-refractivity contribution in [3.63, 3.8) is 0 Å². The minimum atomic E-state index is 0.925. The molecule has 2 atom stereocenters. The summed E-state index contributed by atoms with van der Waals surface area (Å²) in [7, 11) is 2.28. The van der Waals surface area contributed by atoms with Crippen LogP contribution in [0, 0.1) is 0 Å². The zero-order chi connectivity index (χ0) is 6.27. The summed E-state index contributed by atoms with van der Waals surface area (Å²) in [6, 6.07) is 1.85. The fourth-order valence-corrected chi connectivity index (χ4v) is 3.32. The smallest absolute Gasteiger partial charge is 0.0187 e. The highest BCUT2D eigenvalue weighted by Crippen LogP contribution is 2.32. The summed E-state index contributed by atoms with van der Waals surface area (Å²) in [5.41, 5.74) is 0. The number of thioether (sulfide) groups is 1. The van der Waals surface area contributed by atoms with E-state index in [1.54, 1.807) is 0 Å². The van der Waals surface area contributed by atoms with Crippen LogP contribution in [0.1, 0.15) is 12.8 Å². The van der Waals surface area contributed by atoms with E-state index in [9.17, 15) is 0 Å². The zero-order valence-corrected chi connectivity index (χ0v) is 6.66. The predicted molar refractivity (Wildman–Crippen MR) is 41.9 cm³/mol. The van der Waals surface area contributed by atoms with Crippen LogP contribution in [0.25, 0.3) is 0 Å². The van der Waals surface area contributed by atoms with E-state index in [1.807, 2.05) is 0 Å². The van der Waals surface area contributed by atoms with Crippen LogP contribution in [0.5, 0.6) is 0 Å². The molecule has 0 amide bonds. The van der Waals surface area contributed by atoms with Crippen molar-refractivity contribution in [1.29, 1.82) is 0 Å². The van der Waals surface area contributed by atoms with Gasteiger partial charge in [-0.1, -0.05) is 0 Å². The van der Waals surface area contributed by atoms with Gasteiger partial charge >= 0.3 is 0 Å². The molecule has 0 aromatic rings. The molecule has 1 nitrogen and oxygen atoms in total. The fraction of sp³-hybridized carbons (Fsp3) is 1.00. The molecular formula is C7H13NS. The second-order valence-electron chi connectivity index (χ2n) is 3.09. The van der Waals surface area contributed by atoms with E-state index in [4.69, 9.17) is 0 Å². The first-order chi connectivity index (χ1) is 4.38. The Morgan fingerprint density at radius 1 is 1.22 bits per heavy atom. The summed E-state index contributed by atoms with van der Waals surface area (Å²) in [4.78, 5) is 2.57. The maximum absolute atomic E-state index is 2.57. The number of hydrogen-bond donors (Lipinski definition) is 0. The van der Waals surface area contributed by atoms with E-state index in [0.29, 0.717) is 0 Å². The molecule has 2 bridgehead atoms. The maximum atomic E-state index is 2.57. The van der Waals surface area contributed by atoms with Crippen molar-refractivity contribution in [2.24, 2.45) is 0 Å². The Hall–Kier alpha value is 0.310. The highest BCUT2D eigenvalue weighted by Gasteiger charge is 2.33. The molecule has 0 aromatic carbocycles. The number of hydrogen-bond acceptors (Lipinski definition) is 2. The van der Waals surface area contributed by atoms with Crippen LogP contribution in [0.4, 0.5) is 0 Å². The lowest BCUT2D eigenvalue weighted by Gasteiger charge is -2.30. The molecule has 2 saturated heterocycles. The van der Waals surface area contributed by atoms with Crippen molar-refractivity contribution in [2.75, 3.05) is 18.6 Å². The van der Waals surface area contributed by atoms with Crippen molar-refractivity contribution in [1.82, 2.24) is 4.90 Å². The first-order valence-corrected chi connectivity index (χ1v) is 4.83. The zero-order valence-electron chi connectivity index (χ0n) is 5.84. The van der Waals surface area contributed by atoms with Crippen molar-refractivity contribution in [2.45, 2.75) is 24.9 Å². The summed E-state index contributed by atoms with van der Waals surface area (Å²) >= 11 is 2.14. The average molecular weight is 143 g/mol. The van der Waals surface area contributed by atoms with Crippen LogP contribution < -0.4 is 0 Å². The SMILES string of the molecule is CN1C2CCC1CSC2. The Morgan fingerprint density at radius 3 is 2.22 bits per heavy atom. The molecule has 2 aliphatic heterocycles. The van der Waals surface area contributed by atoms with Gasteiger partial charge in [0.2, 0.25) is 0 Å². The predicted octanol–water partition coefficient (Wildman–Crippen LogP) is 1.20. The van der Waals surface area contributed by atoms with Crippen molar-refractivity contribution in [3.8, 4) is 0 Å². The lowest BCUT2D eigenvalue weighted by atomic mass is 10.2. The Bertz CT molecular complexity index is 99.5. The highest BCUT2D eigenvalue weighted by atomic mass is 32.2. The molecule has 2 heteroatoms. The van der Waals surface area contributed by atoms with Gasteiger partial charge in [-0.05, 0) is 19.9 Å². The van der Waals surface area contributed by atoms with Gasteiger partial charge in [0, 0.05) is 23.6 Å². The Kier molecular flexibility index (Phi) is 1.46. The van der Waals surface area contributed by atoms with E-state index < -0.39 is 0 Å². The van der Waals surface area contributed by atoms with Crippen molar-refractivity contribution < 1.29 is 0 Å². The maximum Gasteiger partial charge on any atom is 0.0187 e. The average Bonchev–Trinajstić information content (AvgIpc) is 2.19. The van der Waals surface area contributed by atoms with Gasteiger partial charge < -0.3 is 0 Å². The van der Waals surface area contributed by atoms with Gasteiger partial charge in [0.1, 0.15) is 0 Å². The van der Waals surface area contributed by atoms with Crippen LogP contribution in [-0.2, 0) is 0 Å². The summed E-state index contributed by atoms with van der Waals surface area (Å²) in [5, 5.41) is 0. The van der Waals surface area contributed by atoms with E-state index in [0.717, 1.165) is 12.1 Å². The minimum absolute atomic E-state index is 0.925. The van der Waals surface area contributed by atoms with E-state index in [1.165, 1.54) is 24.3 Å². The minimum Gasteiger partial charge on any atom is -0.299 e. The monoisotopic (exact) mass is 143 g/mol. The fourth-order valence-electron chi connectivity index (χ4n) is 1.83. The molecule has 2 rings (SSSR count). The van der Waals surface area contributed by atoms with Crippen molar-refractivity contribution >= 4 is 11.8 Å². The number of rotatable bonds is 0. The number of fused-ring (bicyclic) bond motifs is 2. The molecule has 52 valence electrons. The second-order valence-corrected chi connectivity index (χ2v) is 4.16. The van der Waals surface area contributed by atoms with Gasteiger partial charge in [-0.3, -0.25) is 4.90 Å². The second kappa shape index (κ2) is 2.17. The summed E-state index contributed by atoms with van der Waals surface area (Å²) < 4.78 is 0. The van der Waals surface area contributed by atoms with Gasteiger partial charge in [-0.2, -0.15) is 11.8 Å². The molecule has 2 heterocycles. The van der Waals surface area contributed by atoms with E-state index >= 15 is 0 Å². The molecule has 2 aliphatic rings. The van der Waals surface area contributed by atoms with Crippen LogP contribution in [0.3, 0.4) is 0 Å². The van der Waals surface area contributed by atoms with Crippen LogP contribution >= 0.6 is 11.8 Å². The van der Waals surface area contributed by atoms with Gasteiger partial charge in [-0.15, -0.1) is 0 Å². The first kappa shape index (κ1) is 6.05. The van der Waals surface area contributed by atoms with Crippen LogP contribution in [0.15, 0.2) is 0 Å². The largest absolute Gasteiger partial charge is 0.299 e. The third-order valence-corrected chi connectivity index (χ3v) is 3.85. The van der Waals surface area contributed by atoms with Gasteiger partial charge in [0.25, 0.3) is 0 Å². The molecule has 0 aromatic heterocycles. The van der Waals surface area contributed by atoms with Gasteiger partial charge in [-0.25, -0.2) is 0 Å². The summed E-state index contributed by atoms with van der Waals surface area (Å²) in [5.74, 6) is 2.76.